The fourth-order valence-corrected chi connectivity index (χ4v) is 2.73. The molecule has 1 N–H and O–H groups in total. The average molecular weight is 289 g/mol. The molecule has 106 valence electrons. The van der Waals surface area contributed by atoms with Gasteiger partial charge in [0.2, 0.25) is 0 Å². The molecule has 0 saturated carbocycles. The first-order chi connectivity index (χ1) is 9.49. The van der Waals surface area contributed by atoms with Gasteiger partial charge < -0.3 is 5.32 Å². The van der Waals surface area contributed by atoms with E-state index in [1.54, 1.807) is 18.5 Å². The Labute approximate surface area is 126 Å². The van der Waals surface area contributed by atoms with E-state index < -0.39 is 0 Å². The Balaban J connectivity index is 2.04. The fourth-order valence-electron chi connectivity index (χ4n) is 2.57. The van der Waals surface area contributed by atoms with E-state index in [1.165, 1.54) is 5.56 Å². The van der Waals surface area contributed by atoms with Crippen LogP contribution in [0, 0.1) is 0 Å². The van der Waals surface area contributed by atoms with Crippen molar-refractivity contribution < 1.29 is 0 Å². The molecule has 2 rings (SSSR count). The van der Waals surface area contributed by atoms with Crippen molar-refractivity contribution in [1.82, 2.24) is 4.98 Å². The molecule has 1 aromatic carbocycles. The summed E-state index contributed by atoms with van der Waals surface area (Å²) in [7, 11) is 0. The largest absolute Gasteiger partial charge is 0.380 e. The van der Waals surface area contributed by atoms with Crippen LogP contribution in [0.1, 0.15) is 32.8 Å². The van der Waals surface area contributed by atoms with E-state index in [9.17, 15) is 0 Å². The predicted octanol–water partition coefficient (Wildman–Crippen LogP) is 4.90. The molecule has 0 aliphatic carbocycles. The zero-order chi connectivity index (χ0) is 14.6. The normalized spacial score (nSPS) is 13.0. The summed E-state index contributed by atoms with van der Waals surface area (Å²) in [6.45, 7) is 6.71. The van der Waals surface area contributed by atoms with Crippen LogP contribution in [-0.2, 0) is 5.41 Å². The average Bonchev–Trinajstić information content (AvgIpc) is 2.42. The molecule has 1 unspecified atom stereocenters. The molecule has 3 heteroatoms. The Morgan fingerprint density at radius 1 is 1.20 bits per heavy atom. The lowest BCUT2D eigenvalue weighted by Crippen LogP contribution is -2.27. The summed E-state index contributed by atoms with van der Waals surface area (Å²) in [6, 6.07) is 12.7. The van der Waals surface area contributed by atoms with Gasteiger partial charge in [0.05, 0.1) is 16.9 Å². The highest BCUT2D eigenvalue weighted by Crippen LogP contribution is 2.30. The SMILES string of the molecule is CC(CC(C)(C)c1ccccc1)Nc1cnccc1Cl. The van der Waals surface area contributed by atoms with Gasteiger partial charge in [-0.2, -0.15) is 0 Å². The molecule has 0 amide bonds. The zero-order valence-corrected chi connectivity index (χ0v) is 13.0. The van der Waals surface area contributed by atoms with Gasteiger partial charge in [-0.1, -0.05) is 55.8 Å². The molecule has 1 aromatic heterocycles. The summed E-state index contributed by atoms with van der Waals surface area (Å²) in [5, 5.41) is 4.15. The third-order valence-electron chi connectivity index (χ3n) is 3.54. The Bertz CT molecular complexity index is 552. The van der Waals surface area contributed by atoms with Crippen LogP contribution in [0.3, 0.4) is 0 Å². The highest BCUT2D eigenvalue weighted by atomic mass is 35.5. The van der Waals surface area contributed by atoms with Gasteiger partial charge in [0.1, 0.15) is 0 Å². The molecule has 0 bridgehead atoms. The minimum Gasteiger partial charge on any atom is -0.380 e. The number of aromatic nitrogens is 1. The van der Waals surface area contributed by atoms with Crippen LogP contribution in [0.15, 0.2) is 48.8 Å². The molecule has 0 saturated heterocycles. The standard InChI is InChI=1S/C17H21ClN2/c1-13(20-16-12-19-10-9-15(16)18)11-17(2,3)14-7-5-4-6-8-14/h4-10,12-13,20H,11H2,1-3H3. The second-order valence-electron chi connectivity index (χ2n) is 5.85. The molecule has 0 radical (unpaired) electrons. The zero-order valence-electron chi connectivity index (χ0n) is 12.2. The summed E-state index contributed by atoms with van der Waals surface area (Å²) in [4.78, 5) is 4.11. The Hall–Kier alpha value is -1.54. The number of anilines is 1. The second kappa shape index (κ2) is 6.27. The summed E-state index contributed by atoms with van der Waals surface area (Å²) in [5.74, 6) is 0. The first-order valence-electron chi connectivity index (χ1n) is 6.90. The van der Waals surface area contributed by atoms with Gasteiger partial charge in [0.15, 0.2) is 0 Å². The van der Waals surface area contributed by atoms with Crippen LogP contribution in [0.25, 0.3) is 0 Å². The topological polar surface area (TPSA) is 24.9 Å². The number of pyridine rings is 1. The smallest absolute Gasteiger partial charge is 0.0718 e. The molecule has 1 atom stereocenters. The number of nitrogens with zero attached hydrogens (tertiary/aromatic N) is 1. The molecule has 1 heterocycles. The van der Waals surface area contributed by atoms with Crippen molar-refractivity contribution in [2.24, 2.45) is 0 Å². The van der Waals surface area contributed by atoms with Crippen molar-refractivity contribution in [3.05, 3.63) is 59.4 Å². The first kappa shape index (κ1) is 14.9. The van der Waals surface area contributed by atoms with Crippen molar-refractivity contribution in [3.63, 3.8) is 0 Å². The molecule has 2 aromatic rings. The third kappa shape index (κ3) is 3.73. The quantitative estimate of drug-likeness (QED) is 0.846. The molecular formula is C17H21ClN2. The molecule has 0 aliphatic heterocycles. The number of halogens is 1. The van der Waals surface area contributed by atoms with Gasteiger partial charge in [0.25, 0.3) is 0 Å². The van der Waals surface area contributed by atoms with E-state index in [0.29, 0.717) is 11.1 Å². The molecule has 20 heavy (non-hydrogen) atoms. The van der Waals surface area contributed by atoms with Gasteiger partial charge in [-0.15, -0.1) is 0 Å². The molecular weight excluding hydrogens is 268 g/mol. The summed E-state index contributed by atoms with van der Waals surface area (Å²) in [5.41, 5.74) is 2.36. The molecule has 0 aliphatic rings. The van der Waals surface area contributed by atoms with E-state index in [4.69, 9.17) is 11.6 Å². The molecule has 0 fully saturated rings. The summed E-state index contributed by atoms with van der Waals surface area (Å²) >= 11 is 6.15. The minimum absolute atomic E-state index is 0.113. The number of hydrogen-bond donors (Lipinski definition) is 1. The minimum atomic E-state index is 0.113. The van der Waals surface area contributed by atoms with Gasteiger partial charge in [0, 0.05) is 12.2 Å². The van der Waals surface area contributed by atoms with E-state index in [-0.39, 0.29) is 5.41 Å². The van der Waals surface area contributed by atoms with Crippen LogP contribution in [-0.4, -0.2) is 11.0 Å². The first-order valence-corrected chi connectivity index (χ1v) is 7.28. The van der Waals surface area contributed by atoms with Crippen molar-refractivity contribution >= 4 is 17.3 Å². The van der Waals surface area contributed by atoms with Gasteiger partial charge in [-0.25, -0.2) is 0 Å². The van der Waals surface area contributed by atoms with Crippen LogP contribution in [0.4, 0.5) is 5.69 Å². The number of nitrogens with one attached hydrogen (secondary N) is 1. The Morgan fingerprint density at radius 3 is 2.55 bits per heavy atom. The lowest BCUT2D eigenvalue weighted by atomic mass is 9.79. The maximum Gasteiger partial charge on any atom is 0.0718 e. The third-order valence-corrected chi connectivity index (χ3v) is 3.87. The number of benzene rings is 1. The van der Waals surface area contributed by atoms with Crippen molar-refractivity contribution in [3.8, 4) is 0 Å². The molecule has 0 spiro atoms. The maximum absolute atomic E-state index is 6.15. The van der Waals surface area contributed by atoms with Gasteiger partial charge in [-0.05, 0) is 30.4 Å². The van der Waals surface area contributed by atoms with Gasteiger partial charge >= 0.3 is 0 Å². The second-order valence-corrected chi connectivity index (χ2v) is 6.26. The monoisotopic (exact) mass is 288 g/mol. The van der Waals surface area contributed by atoms with Crippen LogP contribution in [0.2, 0.25) is 5.02 Å². The fraction of sp³-hybridized carbons (Fsp3) is 0.353. The predicted molar refractivity (Wildman–Crippen MR) is 86.4 cm³/mol. The number of rotatable bonds is 5. The Morgan fingerprint density at radius 2 is 1.90 bits per heavy atom. The van der Waals surface area contributed by atoms with Crippen molar-refractivity contribution in [2.45, 2.75) is 38.6 Å². The lowest BCUT2D eigenvalue weighted by Gasteiger charge is -2.29. The maximum atomic E-state index is 6.15. The molecule has 2 nitrogen and oxygen atoms in total. The van der Waals surface area contributed by atoms with Crippen molar-refractivity contribution in [2.75, 3.05) is 5.32 Å². The highest BCUT2D eigenvalue weighted by molar-refractivity contribution is 6.33. The lowest BCUT2D eigenvalue weighted by molar-refractivity contribution is 0.450. The van der Waals surface area contributed by atoms with Crippen molar-refractivity contribution in [1.29, 1.82) is 0 Å². The summed E-state index contributed by atoms with van der Waals surface area (Å²) < 4.78 is 0. The van der Waals surface area contributed by atoms with E-state index in [1.807, 2.05) is 0 Å². The highest BCUT2D eigenvalue weighted by Gasteiger charge is 2.23. The van der Waals surface area contributed by atoms with Crippen LogP contribution >= 0.6 is 11.6 Å². The van der Waals surface area contributed by atoms with E-state index >= 15 is 0 Å². The number of hydrogen-bond acceptors (Lipinski definition) is 2. The van der Waals surface area contributed by atoms with E-state index in [0.717, 1.165) is 12.1 Å². The van der Waals surface area contributed by atoms with Gasteiger partial charge in [-0.3, -0.25) is 4.98 Å². The summed E-state index contributed by atoms with van der Waals surface area (Å²) in [6.07, 6.45) is 4.49. The Kier molecular flexibility index (Phi) is 4.66. The van der Waals surface area contributed by atoms with E-state index in [2.05, 4.69) is 61.4 Å². The van der Waals surface area contributed by atoms with Crippen LogP contribution in [0.5, 0.6) is 0 Å². The van der Waals surface area contributed by atoms with Crippen LogP contribution < -0.4 is 5.32 Å².